The Labute approximate surface area is 147 Å². The highest BCUT2D eigenvalue weighted by molar-refractivity contribution is 9.10. The molecule has 0 radical (unpaired) electrons. The maximum absolute atomic E-state index is 12.0. The zero-order valence-electron chi connectivity index (χ0n) is 13.4. The Kier molecular flexibility index (Phi) is 5.37. The van der Waals surface area contributed by atoms with Crippen molar-refractivity contribution in [1.29, 1.82) is 0 Å². The van der Waals surface area contributed by atoms with Crippen molar-refractivity contribution in [3.05, 3.63) is 20.8 Å². The number of hydrogen-bond acceptors (Lipinski definition) is 5. The molecule has 1 fully saturated rings. The summed E-state index contributed by atoms with van der Waals surface area (Å²) >= 11 is 5.10. The van der Waals surface area contributed by atoms with Gasteiger partial charge >= 0.3 is 12.1 Å². The van der Waals surface area contributed by atoms with Gasteiger partial charge in [0.2, 0.25) is 0 Å². The van der Waals surface area contributed by atoms with E-state index in [0.29, 0.717) is 19.5 Å². The van der Waals surface area contributed by atoms with Gasteiger partial charge in [-0.1, -0.05) is 0 Å². The van der Waals surface area contributed by atoms with Crippen LogP contribution in [0.2, 0.25) is 0 Å². The lowest BCUT2D eigenvalue weighted by molar-refractivity contribution is -0.144. The fourth-order valence-electron chi connectivity index (χ4n) is 2.49. The summed E-state index contributed by atoms with van der Waals surface area (Å²) < 4.78 is 6.22. The molecule has 2 rings (SSSR count). The normalized spacial score (nSPS) is 22.1. The van der Waals surface area contributed by atoms with Crippen LogP contribution in [0.15, 0.2) is 15.9 Å². The van der Waals surface area contributed by atoms with Crippen molar-refractivity contribution >= 4 is 39.3 Å². The van der Waals surface area contributed by atoms with Gasteiger partial charge in [-0.3, -0.25) is 4.90 Å². The van der Waals surface area contributed by atoms with E-state index in [-0.39, 0.29) is 6.54 Å². The summed E-state index contributed by atoms with van der Waals surface area (Å²) in [6.07, 6.45) is -0.344. The van der Waals surface area contributed by atoms with E-state index in [4.69, 9.17) is 4.74 Å². The maximum Gasteiger partial charge on any atom is 0.408 e. The second-order valence-electron chi connectivity index (χ2n) is 6.67. The number of ether oxygens (including phenoxy) is 1. The summed E-state index contributed by atoms with van der Waals surface area (Å²) in [5, 5.41) is 14.2. The van der Waals surface area contributed by atoms with Crippen LogP contribution in [-0.2, 0) is 16.1 Å². The maximum atomic E-state index is 12.0. The summed E-state index contributed by atoms with van der Waals surface area (Å²) in [6.45, 7) is 6.75. The number of alkyl carbamates (subject to hydrolysis) is 1. The van der Waals surface area contributed by atoms with Gasteiger partial charge in [0.05, 0.1) is 0 Å². The van der Waals surface area contributed by atoms with Crippen molar-refractivity contribution < 1.29 is 19.4 Å². The van der Waals surface area contributed by atoms with Crippen LogP contribution in [-0.4, -0.2) is 46.3 Å². The molecule has 0 aliphatic carbocycles. The molecular weight excluding hydrogens is 384 g/mol. The molecular formula is C15H21BrN2O4S. The quantitative estimate of drug-likeness (QED) is 0.805. The van der Waals surface area contributed by atoms with Gasteiger partial charge < -0.3 is 15.2 Å². The molecule has 2 N–H and O–H groups in total. The number of halogens is 1. The molecule has 1 aliphatic heterocycles. The first-order valence-electron chi connectivity index (χ1n) is 7.30. The summed E-state index contributed by atoms with van der Waals surface area (Å²) in [5.74, 6) is -1.03. The van der Waals surface area contributed by atoms with Gasteiger partial charge in [0.1, 0.15) is 5.60 Å². The average molecular weight is 405 g/mol. The number of nitrogens with zero attached hydrogens (tertiary/aromatic N) is 1. The van der Waals surface area contributed by atoms with Crippen molar-refractivity contribution in [3.8, 4) is 0 Å². The highest BCUT2D eigenvalue weighted by Gasteiger charge is 2.47. The minimum Gasteiger partial charge on any atom is -0.479 e. The summed E-state index contributed by atoms with van der Waals surface area (Å²) in [5.41, 5.74) is -1.96. The first-order chi connectivity index (χ1) is 10.6. The van der Waals surface area contributed by atoms with Crippen LogP contribution >= 0.6 is 27.3 Å². The monoisotopic (exact) mass is 404 g/mol. The Morgan fingerprint density at radius 2 is 2.22 bits per heavy atom. The highest BCUT2D eigenvalue weighted by Crippen LogP contribution is 2.29. The van der Waals surface area contributed by atoms with E-state index in [1.165, 1.54) is 0 Å². The van der Waals surface area contributed by atoms with Crippen molar-refractivity contribution in [2.75, 3.05) is 13.1 Å². The molecule has 1 atom stereocenters. The number of rotatable bonds is 4. The van der Waals surface area contributed by atoms with E-state index in [0.717, 1.165) is 9.35 Å². The zero-order chi connectivity index (χ0) is 17.3. The summed E-state index contributed by atoms with van der Waals surface area (Å²) in [7, 11) is 0. The van der Waals surface area contributed by atoms with Gasteiger partial charge in [-0.2, -0.15) is 0 Å². The second-order valence-corrected chi connectivity index (χ2v) is 8.52. The number of thiophene rings is 1. The molecule has 0 saturated carbocycles. The van der Waals surface area contributed by atoms with E-state index in [2.05, 4.69) is 21.2 Å². The number of nitrogens with one attached hydrogen (secondary N) is 1. The number of likely N-dealkylation sites (tertiary alicyclic amines) is 1. The molecule has 128 valence electrons. The Morgan fingerprint density at radius 1 is 1.52 bits per heavy atom. The lowest BCUT2D eigenvalue weighted by Gasteiger charge is -2.28. The number of carboxylic acid groups (broad SMARTS) is 1. The van der Waals surface area contributed by atoms with Crippen LogP contribution in [0.1, 0.15) is 32.1 Å². The molecule has 6 nitrogen and oxygen atoms in total. The highest BCUT2D eigenvalue weighted by atomic mass is 79.9. The Bertz CT molecular complexity index is 599. The van der Waals surface area contributed by atoms with Gasteiger partial charge in [0.15, 0.2) is 5.54 Å². The number of aliphatic carboxylic acids is 1. The zero-order valence-corrected chi connectivity index (χ0v) is 15.8. The number of carboxylic acids is 1. The largest absolute Gasteiger partial charge is 0.479 e. The van der Waals surface area contributed by atoms with Gasteiger partial charge in [-0.15, -0.1) is 11.3 Å². The Morgan fingerprint density at radius 3 is 2.74 bits per heavy atom. The van der Waals surface area contributed by atoms with Gasteiger partial charge in [0.25, 0.3) is 0 Å². The molecule has 1 aromatic rings. The smallest absolute Gasteiger partial charge is 0.408 e. The predicted octanol–water partition coefficient (Wildman–Crippen LogP) is 3.06. The predicted molar refractivity (Wildman–Crippen MR) is 91.6 cm³/mol. The van der Waals surface area contributed by atoms with Crippen molar-refractivity contribution in [1.82, 2.24) is 10.2 Å². The third-order valence-electron chi connectivity index (χ3n) is 3.56. The first kappa shape index (κ1) is 18.2. The molecule has 23 heavy (non-hydrogen) atoms. The van der Waals surface area contributed by atoms with Crippen LogP contribution in [0, 0.1) is 0 Å². The number of hydrogen-bond donors (Lipinski definition) is 2. The number of carbonyl (C=O) groups is 2. The lowest BCUT2D eigenvalue weighted by Crippen LogP contribution is -2.57. The molecule has 0 bridgehead atoms. The SMILES string of the molecule is CC(C)(C)OC(=O)NC1(C(=O)O)CCN(Cc2sccc2Br)C1. The van der Waals surface area contributed by atoms with E-state index in [9.17, 15) is 14.7 Å². The molecule has 1 amide bonds. The van der Waals surface area contributed by atoms with E-state index >= 15 is 0 Å². The fourth-order valence-corrected chi connectivity index (χ4v) is 4.01. The van der Waals surface area contributed by atoms with E-state index in [1.54, 1.807) is 32.1 Å². The van der Waals surface area contributed by atoms with E-state index < -0.39 is 23.2 Å². The molecule has 1 aliphatic rings. The third kappa shape index (κ3) is 4.68. The third-order valence-corrected chi connectivity index (χ3v) is 5.47. The minimum atomic E-state index is -1.30. The Balaban J connectivity index is 2.04. The van der Waals surface area contributed by atoms with Gasteiger partial charge in [0, 0.05) is 29.0 Å². The molecule has 1 aromatic heterocycles. The van der Waals surface area contributed by atoms with Crippen molar-refractivity contribution in [2.24, 2.45) is 0 Å². The topological polar surface area (TPSA) is 78.9 Å². The molecule has 1 saturated heterocycles. The minimum absolute atomic E-state index is 0.256. The van der Waals surface area contributed by atoms with Crippen LogP contribution < -0.4 is 5.32 Å². The average Bonchev–Trinajstić information content (AvgIpc) is 2.96. The van der Waals surface area contributed by atoms with Crippen LogP contribution in [0.4, 0.5) is 4.79 Å². The van der Waals surface area contributed by atoms with Crippen LogP contribution in [0.25, 0.3) is 0 Å². The number of amides is 1. The molecule has 0 spiro atoms. The van der Waals surface area contributed by atoms with Crippen LogP contribution in [0.5, 0.6) is 0 Å². The van der Waals surface area contributed by atoms with Gasteiger partial charge in [-0.05, 0) is 54.6 Å². The van der Waals surface area contributed by atoms with E-state index in [1.807, 2.05) is 16.3 Å². The molecule has 0 aromatic carbocycles. The first-order valence-corrected chi connectivity index (χ1v) is 8.97. The second kappa shape index (κ2) is 6.78. The molecule has 8 heteroatoms. The number of carbonyl (C=O) groups excluding carboxylic acids is 1. The summed E-state index contributed by atoms with van der Waals surface area (Å²) in [4.78, 5) is 26.9. The lowest BCUT2D eigenvalue weighted by atomic mass is 9.99. The fraction of sp³-hybridized carbons (Fsp3) is 0.600. The van der Waals surface area contributed by atoms with Crippen LogP contribution in [0.3, 0.4) is 0 Å². The standard InChI is InChI=1S/C15H21BrN2O4S/c1-14(2,3)22-13(21)17-15(12(19)20)5-6-18(9-15)8-11-10(16)4-7-23-11/h4,7H,5-6,8-9H2,1-3H3,(H,17,21)(H,19,20). The molecule has 2 heterocycles. The van der Waals surface area contributed by atoms with Crippen molar-refractivity contribution in [2.45, 2.75) is 44.9 Å². The Hall–Kier alpha value is -1.12. The van der Waals surface area contributed by atoms with Crippen molar-refractivity contribution in [3.63, 3.8) is 0 Å². The molecule has 1 unspecified atom stereocenters. The summed E-state index contributed by atoms with van der Waals surface area (Å²) in [6, 6.07) is 1.97. The van der Waals surface area contributed by atoms with Gasteiger partial charge in [-0.25, -0.2) is 9.59 Å².